The van der Waals surface area contributed by atoms with Crippen LogP contribution < -0.4 is 5.73 Å². The Labute approximate surface area is 121 Å². The number of aromatic hydroxyl groups is 2. The Morgan fingerprint density at radius 1 is 1.00 bits per heavy atom. The van der Waals surface area contributed by atoms with Gasteiger partial charge in [0.2, 0.25) is 0 Å². The highest BCUT2D eigenvalue weighted by Crippen LogP contribution is 2.45. The van der Waals surface area contributed by atoms with Crippen molar-refractivity contribution in [3.63, 3.8) is 0 Å². The summed E-state index contributed by atoms with van der Waals surface area (Å²) in [5, 5.41) is 21.8. The number of benzene rings is 2. The quantitative estimate of drug-likeness (QED) is 0.642. The summed E-state index contributed by atoms with van der Waals surface area (Å²) in [6.07, 6.45) is -0.158. The van der Waals surface area contributed by atoms with Crippen LogP contribution >= 0.6 is 0 Å². The van der Waals surface area contributed by atoms with Crippen LogP contribution in [0.5, 0.6) is 11.5 Å². The Bertz CT molecular complexity index is 823. The number of ketones is 2. The first kappa shape index (κ1) is 13.6. The van der Waals surface area contributed by atoms with Crippen molar-refractivity contribution in [3.05, 3.63) is 34.4 Å². The molecule has 21 heavy (non-hydrogen) atoms. The minimum absolute atomic E-state index is 0.111. The second-order valence-corrected chi connectivity index (χ2v) is 5.49. The summed E-state index contributed by atoms with van der Waals surface area (Å²) in [4.78, 5) is 24.4. The maximum Gasteiger partial charge on any atom is 0.184 e. The predicted octanol–water partition coefficient (Wildman–Crippen LogP) is 1.96. The first-order chi connectivity index (χ1) is 9.84. The third kappa shape index (κ3) is 1.67. The van der Waals surface area contributed by atoms with Gasteiger partial charge < -0.3 is 15.9 Å². The molecule has 4 N–H and O–H groups in total. The normalized spacial score (nSPS) is 18.1. The smallest absolute Gasteiger partial charge is 0.184 e. The Balaban J connectivity index is 2.58. The second-order valence-electron chi connectivity index (χ2n) is 5.49. The van der Waals surface area contributed by atoms with Crippen LogP contribution in [0.2, 0.25) is 0 Å². The fraction of sp³-hybridized carbons (Fsp3) is 0.250. The van der Waals surface area contributed by atoms with Crippen molar-refractivity contribution >= 4 is 22.3 Å². The molecule has 0 spiro atoms. The zero-order chi connectivity index (χ0) is 15.5. The number of fused-ring (bicyclic) bond motifs is 2. The number of phenolic OH excluding ortho intramolecular Hbond substituents is 2. The van der Waals surface area contributed by atoms with E-state index in [9.17, 15) is 19.8 Å². The number of phenols is 2. The lowest BCUT2D eigenvalue weighted by atomic mass is 9.82. The molecule has 0 bridgehead atoms. The van der Waals surface area contributed by atoms with E-state index in [1.807, 2.05) is 0 Å². The maximum absolute atomic E-state index is 12.2. The molecule has 0 radical (unpaired) electrons. The highest BCUT2D eigenvalue weighted by molar-refractivity contribution is 6.23. The summed E-state index contributed by atoms with van der Waals surface area (Å²) in [7, 11) is 0. The van der Waals surface area contributed by atoms with E-state index in [-0.39, 0.29) is 29.0 Å². The van der Waals surface area contributed by atoms with Crippen molar-refractivity contribution < 1.29 is 19.8 Å². The largest absolute Gasteiger partial charge is 0.507 e. The molecule has 0 amide bonds. The molecule has 0 aliphatic heterocycles. The Morgan fingerprint density at radius 2 is 1.48 bits per heavy atom. The summed E-state index contributed by atoms with van der Waals surface area (Å²) in [5.74, 6) is -1.45. The van der Waals surface area contributed by atoms with E-state index in [1.165, 1.54) is 0 Å². The van der Waals surface area contributed by atoms with E-state index in [2.05, 4.69) is 0 Å². The zero-order valence-electron chi connectivity index (χ0n) is 11.7. The molecule has 0 aromatic heterocycles. The molecule has 2 aromatic carbocycles. The van der Waals surface area contributed by atoms with Gasteiger partial charge in [0.15, 0.2) is 11.6 Å². The van der Waals surface area contributed by atoms with Crippen LogP contribution in [0.3, 0.4) is 0 Å². The van der Waals surface area contributed by atoms with E-state index in [1.54, 1.807) is 26.0 Å². The molecule has 1 aliphatic rings. The summed E-state index contributed by atoms with van der Waals surface area (Å²) >= 11 is 0. The lowest BCUT2D eigenvalue weighted by molar-refractivity contribution is 0.0863. The van der Waals surface area contributed by atoms with Gasteiger partial charge in [-0.3, -0.25) is 9.59 Å². The van der Waals surface area contributed by atoms with Crippen molar-refractivity contribution in [1.29, 1.82) is 0 Å². The highest BCUT2D eigenvalue weighted by atomic mass is 16.3. The molecule has 1 unspecified atom stereocenters. The number of carbonyl (C=O) groups is 2. The molecule has 108 valence electrons. The van der Waals surface area contributed by atoms with E-state index >= 15 is 0 Å². The molecule has 2 aromatic rings. The summed E-state index contributed by atoms with van der Waals surface area (Å²) in [6.45, 7) is 3.54. The van der Waals surface area contributed by atoms with Crippen LogP contribution in [0.1, 0.15) is 38.3 Å². The zero-order valence-corrected chi connectivity index (χ0v) is 11.7. The van der Waals surface area contributed by atoms with Gasteiger partial charge in [0.05, 0.1) is 17.2 Å². The average molecular weight is 285 g/mol. The van der Waals surface area contributed by atoms with E-state index in [4.69, 9.17) is 5.73 Å². The number of hydrogen-bond acceptors (Lipinski definition) is 5. The van der Waals surface area contributed by atoms with Gasteiger partial charge in [-0.1, -0.05) is 12.1 Å². The topological polar surface area (TPSA) is 101 Å². The molecule has 0 heterocycles. The van der Waals surface area contributed by atoms with Crippen LogP contribution in [0.15, 0.2) is 12.1 Å². The molecule has 1 atom stereocenters. The first-order valence-corrected chi connectivity index (χ1v) is 6.65. The van der Waals surface area contributed by atoms with Crippen LogP contribution in [0.25, 0.3) is 10.8 Å². The summed E-state index contributed by atoms with van der Waals surface area (Å²) in [5.41, 5.74) is 6.82. The maximum atomic E-state index is 12.2. The predicted molar refractivity (Wildman–Crippen MR) is 78.0 cm³/mol. The van der Waals surface area contributed by atoms with Crippen molar-refractivity contribution in [2.75, 3.05) is 0 Å². The molecule has 0 saturated heterocycles. The SMILES string of the molecule is Cc1ccc(C)c2c(O)c3c(c(O)c12)C(=O)CC(N)C3=O. The molecule has 0 saturated carbocycles. The van der Waals surface area contributed by atoms with Crippen LogP contribution in [-0.2, 0) is 0 Å². The Hall–Kier alpha value is -2.40. The van der Waals surface area contributed by atoms with Gasteiger partial charge in [-0.05, 0) is 25.0 Å². The van der Waals surface area contributed by atoms with Gasteiger partial charge >= 0.3 is 0 Å². The molecule has 5 heteroatoms. The molecule has 3 rings (SSSR count). The number of Topliss-reactive ketones (excluding diaryl/α,β-unsaturated/α-hetero) is 2. The van der Waals surface area contributed by atoms with Crippen molar-refractivity contribution in [2.45, 2.75) is 26.3 Å². The Kier molecular flexibility index (Phi) is 2.78. The van der Waals surface area contributed by atoms with Crippen LogP contribution in [-0.4, -0.2) is 27.8 Å². The van der Waals surface area contributed by atoms with Gasteiger partial charge in [-0.15, -0.1) is 0 Å². The minimum atomic E-state index is -0.974. The fourth-order valence-corrected chi connectivity index (χ4v) is 3.00. The van der Waals surface area contributed by atoms with Crippen LogP contribution in [0, 0.1) is 13.8 Å². The number of rotatable bonds is 0. The van der Waals surface area contributed by atoms with Gasteiger partial charge in [-0.25, -0.2) is 0 Å². The monoisotopic (exact) mass is 285 g/mol. The number of aryl methyl sites for hydroxylation is 2. The second kappa shape index (κ2) is 4.30. The van der Waals surface area contributed by atoms with E-state index in [0.29, 0.717) is 16.3 Å². The molecule has 0 fully saturated rings. The third-order valence-corrected chi connectivity index (χ3v) is 4.09. The van der Waals surface area contributed by atoms with E-state index in [0.717, 1.165) is 5.56 Å². The standard InChI is InChI=1S/C16H15NO4/c1-6-3-4-7(2)11-10(6)15(20)12-9(18)5-8(17)14(19)13(12)16(11)21/h3-4,8,20-21H,5,17H2,1-2H3. The van der Waals surface area contributed by atoms with Crippen molar-refractivity contribution in [3.8, 4) is 11.5 Å². The Morgan fingerprint density at radius 3 is 2.00 bits per heavy atom. The summed E-state index contributed by atoms with van der Waals surface area (Å²) in [6, 6.07) is 2.61. The van der Waals surface area contributed by atoms with Crippen LogP contribution in [0.4, 0.5) is 0 Å². The minimum Gasteiger partial charge on any atom is -0.507 e. The van der Waals surface area contributed by atoms with Gasteiger partial charge in [0, 0.05) is 17.2 Å². The number of hydrogen-bond donors (Lipinski definition) is 3. The molecular formula is C16H15NO4. The molecular weight excluding hydrogens is 270 g/mol. The lowest BCUT2D eigenvalue weighted by Crippen LogP contribution is -2.38. The average Bonchev–Trinajstić information content (AvgIpc) is 2.42. The highest BCUT2D eigenvalue weighted by Gasteiger charge is 2.37. The lowest BCUT2D eigenvalue weighted by Gasteiger charge is -2.23. The van der Waals surface area contributed by atoms with Crippen molar-refractivity contribution in [1.82, 2.24) is 0 Å². The van der Waals surface area contributed by atoms with Crippen molar-refractivity contribution in [2.24, 2.45) is 5.73 Å². The number of carbonyl (C=O) groups excluding carboxylic acids is 2. The third-order valence-electron chi connectivity index (χ3n) is 4.09. The first-order valence-electron chi connectivity index (χ1n) is 6.65. The van der Waals surface area contributed by atoms with Gasteiger partial charge in [-0.2, -0.15) is 0 Å². The fourth-order valence-electron chi connectivity index (χ4n) is 3.00. The molecule has 1 aliphatic carbocycles. The summed E-state index contributed by atoms with van der Waals surface area (Å²) < 4.78 is 0. The van der Waals surface area contributed by atoms with E-state index < -0.39 is 17.6 Å². The number of nitrogens with two attached hydrogens (primary N) is 1. The van der Waals surface area contributed by atoms with Gasteiger partial charge in [0.1, 0.15) is 11.5 Å². The molecule has 5 nitrogen and oxygen atoms in total. The van der Waals surface area contributed by atoms with Gasteiger partial charge in [0.25, 0.3) is 0 Å².